The molecule has 0 saturated carbocycles. The zero-order valence-corrected chi connectivity index (χ0v) is 10.2. The number of nitrogens with zero attached hydrogens (tertiary/aromatic N) is 1. The molecule has 0 aliphatic heterocycles. The molecule has 1 N–H and O–H groups in total. The van der Waals surface area contributed by atoms with E-state index in [1.165, 1.54) is 0 Å². The largest absolute Gasteiger partial charge is 0.480 e. The molecule has 0 aliphatic carbocycles. The van der Waals surface area contributed by atoms with Crippen LogP contribution < -0.4 is 0 Å². The Kier molecular flexibility index (Phi) is 4.77. The summed E-state index contributed by atoms with van der Waals surface area (Å²) in [6.45, 7) is 2.41. The summed E-state index contributed by atoms with van der Waals surface area (Å²) in [5.74, 6) is -0.794. The van der Waals surface area contributed by atoms with Crippen LogP contribution in [0, 0.1) is 0 Å². The standard InChI is InChI=1S/C12H16ClNO2/c1-3-11(12(15)16)14(2)8-9-6-4-5-7-10(9)13/h4-7,11H,3,8H2,1-2H3,(H,15,16). The van der Waals surface area contributed by atoms with Gasteiger partial charge in [-0.2, -0.15) is 0 Å². The Balaban J connectivity index is 2.74. The van der Waals surface area contributed by atoms with Crippen molar-refractivity contribution in [3.8, 4) is 0 Å². The van der Waals surface area contributed by atoms with E-state index >= 15 is 0 Å². The molecule has 1 atom stereocenters. The van der Waals surface area contributed by atoms with Gasteiger partial charge >= 0.3 is 5.97 Å². The highest BCUT2D eigenvalue weighted by molar-refractivity contribution is 6.31. The van der Waals surface area contributed by atoms with Crippen LogP contribution in [-0.2, 0) is 11.3 Å². The second-order valence-corrected chi connectivity index (χ2v) is 4.18. The molecular formula is C12H16ClNO2. The Bertz CT molecular complexity index is 368. The van der Waals surface area contributed by atoms with E-state index in [0.29, 0.717) is 18.0 Å². The number of carbonyl (C=O) groups is 1. The number of carboxylic acid groups (broad SMARTS) is 1. The minimum atomic E-state index is -0.794. The van der Waals surface area contributed by atoms with E-state index in [4.69, 9.17) is 16.7 Å². The number of likely N-dealkylation sites (N-methyl/N-ethyl adjacent to an activating group) is 1. The third-order valence-electron chi connectivity index (χ3n) is 2.58. The van der Waals surface area contributed by atoms with Crippen molar-refractivity contribution in [2.45, 2.75) is 25.9 Å². The van der Waals surface area contributed by atoms with Crippen molar-refractivity contribution in [3.05, 3.63) is 34.9 Å². The first kappa shape index (κ1) is 13.0. The first-order valence-corrected chi connectivity index (χ1v) is 5.60. The number of benzene rings is 1. The van der Waals surface area contributed by atoms with Gasteiger partial charge in [-0.05, 0) is 25.1 Å². The third kappa shape index (κ3) is 3.22. The molecule has 3 nitrogen and oxygen atoms in total. The summed E-state index contributed by atoms with van der Waals surface area (Å²) in [6.07, 6.45) is 0.580. The van der Waals surface area contributed by atoms with Crippen LogP contribution in [0.25, 0.3) is 0 Å². The summed E-state index contributed by atoms with van der Waals surface area (Å²) in [5, 5.41) is 9.69. The van der Waals surface area contributed by atoms with E-state index in [1.807, 2.05) is 31.2 Å². The van der Waals surface area contributed by atoms with E-state index in [2.05, 4.69) is 0 Å². The molecule has 1 aromatic rings. The Morgan fingerprint density at radius 1 is 1.50 bits per heavy atom. The lowest BCUT2D eigenvalue weighted by molar-refractivity contribution is -0.143. The molecular weight excluding hydrogens is 226 g/mol. The van der Waals surface area contributed by atoms with Gasteiger partial charge in [-0.15, -0.1) is 0 Å². The van der Waals surface area contributed by atoms with Gasteiger partial charge in [-0.1, -0.05) is 36.7 Å². The Hall–Kier alpha value is -1.06. The molecule has 0 fully saturated rings. The van der Waals surface area contributed by atoms with E-state index in [1.54, 1.807) is 11.9 Å². The topological polar surface area (TPSA) is 40.5 Å². The van der Waals surface area contributed by atoms with Crippen molar-refractivity contribution in [3.63, 3.8) is 0 Å². The predicted molar refractivity (Wildman–Crippen MR) is 64.6 cm³/mol. The maximum Gasteiger partial charge on any atom is 0.320 e. The van der Waals surface area contributed by atoms with Gasteiger partial charge < -0.3 is 5.11 Å². The molecule has 0 amide bonds. The maximum absolute atomic E-state index is 11.0. The lowest BCUT2D eigenvalue weighted by Crippen LogP contribution is -2.37. The molecule has 1 unspecified atom stereocenters. The van der Waals surface area contributed by atoms with Gasteiger partial charge in [-0.25, -0.2) is 0 Å². The third-order valence-corrected chi connectivity index (χ3v) is 2.95. The zero-order chi connectivity index (χ0) is 12.1. The normalized spacial score (nSPS) is 12.8. The second-order valence-electron chi connectivity index (χ2n) is 3.77. The van der Waals surface area contributed by atoms with Crippen molar-refractivity contribution in [1.82, 2.24) is 4.90 Å². The molecule has 0 bridgehead atoms. The SMILES string of the molecule is CCC(C(=O)O)N(C)Cc1ccccc1Cl. The van der Waals surface area contributed by atoms with Crippen LogP contribution in [0.1, 0.15) is 18.9 Å². The van der Waals surface area contributed by atoms with Crippen LogP contribution >= 0.6 is 11.6 Å². The summed E-state index contributed by atoms with van der Waals surface area (Å²) in [7, 11) is 1.80. The fraction of sp³-hybridized carbons (Fsp3) is 0.417. The number of rotatable bonds is 5. The first-order chi connectivity index (χ1) is 7.56. The second kappa shape index (κ2) is 5.87. The van der Waals surface area contributed by atoms with Crippen LogP contribution in [-0.4, -0.2) is 29.1 Å². The van der Waals surface area contributed by atoms with Gasteiger partial charge in [-0.3, -0.25) is 9.69 Å². The average molecular weight is 242 g/mol. The molecule has 88 valence electrons. The van der Waals surface area contributed by atoms with Gasteiger partial charge in [0.2, 0.25) is 0 Å². The monoisotopic (exact) mass is 241 g/mol. The molecule has 0 aliphatic rings. The maximum atomic E-state index is 11.0. The summed E-state index contributed by atoms with van der Waals surface area (Å²) < 4.78 is 0. The molecule has 4 heteroatoms. The van der Waals surface area contributed by atoms with Crippen molar-refractivity contribution in [2.75, 3.05) is 7.05 Å². The van der Waals surface area contributed by atoms with Gasteiger partial charge in [0, 0.05) is 11.6 Å². The van der Waals surface area contributed by atoms with Crippen molar-refractivity contribution >= 4 is 17.6 Å². The minimum Gasteiger partial charge on any atom is -0.480 e. The van der Waals surface area contributed by atoms with Crippen LogP contribution in [0.4, 0.5) is 0 Å². The molecule has 1 aromatic carbocycles. The molecule has 0 radical (unpaired) electrons. The summed E-state index contributed by atoms with van der Waals surface area (Å²) in [6, 6.07) is 7.02. The zero-order valence-electron chi connectivity index (χ0n) is 9.48. The number of hydrogen-bond acceptors (Lipinski definition) is 2. The van der Waals surface area contributed by atoms with E-state index in [0.717, 1.165) is 5.56 Å². The van der Waals surface area contributed by atoms with Crippen LogP contribution in [0.5, 0.6) is 0 Å². The number of halogens is 1. The van der Waals surface area contributed by atoms with Gasteiger partial charge in [0.25, 0.3) is 0 Å². The molecule has 0 saturated heterocycles. The van der Waals surface area contributed by atoms with Gasteiger partial charge in [0.05, 0.1) is 0 Å². The molecule has 0 heterocycles. The van der Waals surface area contributed by atoms with E-state index in [9.17, 15) is 4.79 Å². The van der Waals surface area contributed by atoms with Gasteiger partial charge in [0.15, 0.2) is 0 Å². The fourth-order valence-corrected chi connectivity index (χ4v) is 1.88. The highest BCUT2D eigenvalue weighted by Crippen LogP contribution is 2.18. The highest BCUT2D eigenvalue weighted by atomic mass is 35.5. The molecule has 0 spiro atoms. The Morgan fingerprint density at radius 3 is 2.62 bits per heavy atom. The highest BCUT2D eigenvalue weighted by Gasteiger charge is 2.20. The quantitative estimate of drug-likeness (QED) is 0.862. The fourth-order valence-electron chi connectivity index (χ4n) is 1.68. The predicted octanol–water partition coefficient (Wildman–Crippen LogP) is 2.64. The smallest absolute Gasteiger partial charge is 0.320 e. The Labute approximate surface area is 101 Å². The first-order valence-electron chi connectivity index (χ1n) is 5.22. The number of hydrogen-bond donors (Lipinski definition) is 1. The lowest BCUT2D eigenvalue weighted by Gasteiger charge is -2.23. The van der Waals surface area contributed by atoms with Crippen LogP contribution in [0.15, 0.2) is 24.3 Å². The van der Waals surface area contributed by atoms with E-state index in [-0.39, 0.29) is 0 Å². The molecule has 0 aromatic heterocycles. The average Bonchev–Trinajstić information content (AvgIpc) is 2.22. The summed E-state index contributed by atoms with van der Waals surface area (Å²) >= 11 is 6.02. The minimum absolute atomic E-state index is 0.462. The van der Waals surface area contributed by atoms with Crippen molar-refractivity contribution in [2.24, 2.45) is 0 Å². The number of carboxylic acids is 1. The molecule has 1 rings (SSSR count). The Morgan fingerprint density at radius 2 is 2.12 bits per heavy atom. The summed E-state index contributed by atoms with van der Waals surface area (Å²) in [4.78, 5) is 12.8. The van der Waals surface area contributed by atoms with Crippen molar-refractivity contribution < 1.29 is 9.90 Å². The van der Waals surface area contributed by atoms with E-state index < -0.39 is 12.0 Å². The molecule has 16 heavy (non-hydrogen) atoms. The van der Waals surface area contributed by atoms with Crippen molar-refractivity contribution in [1.29, 1.82) is 0 Å². The van der Waals surface area contributed by atoms with Crippen LogP contribution in [0.3, 0.4) is 0 Å². The number of aliphatic carboxylic acids is 1. The van der Waals surface area contributed by atoms with Gasteiger partial charge in [0.1, 0.15) is 6.04 Å². The van der Waals surface area contributed by atoms with Crippen LogP contribution in [0.2, 0.25) is 5.02 Å². The summed E-state index contributed by atoms with van der Waals surface area (Å²) in [5.41, 5.74) is 0.950. The lowest BCUT2D eigenvalue weighted by atomic mass is 10.1.